The van der Waals surface area contributed by atoms with Gasteiger partial charge in [0.2, 0.25) is 5.91 Å². The molecule has 0 aliphatic carbocycles. The highest BCUT2D eigenvalue weighted by atomic mass is 16.2. The minimum atomic E-state index is -0.241. The topological polar surface area (TPSA) is 49.4 Å². The largest absolute Gasteiger partial charge is 0.324 e. The molecule has 1 rings (SSSR count). The number of allylic oxidation sites excluding steroid dienone is 1. The van der Waals surface area contributed by atoms with Crippen molar-refractivity contribution >= 4 is 11.9 Å². The van der Waals surface area contributed by atoms with E-state index in [-0.39, 0.29) is 11.9 Å². The van der Waals surface area contributed by atoms with Crippen LogP contribution in [-0.2, 0) is 4.79 Å². The van der Waals surface area contributed by atoms with E-state index in [4.69, 9.17) is 0 Å². The van der Waals surface area contributed by atoms with Crippen LogP contribution in [0.15, 0.2) is 12.7 Å². The zero-order valence-electron chi connectivity index (χ0n) is 9.00. The van der Waals surface area contributed by atoms with Gasteiger partial charge in [-0.3, -0.25) is 10.1 Å². The second kappa shape index (κ2) is 6.22. The molecule has 1 fully saturated rings. The van der Waals surface area contributed by atoms with Crippen molar-refractivity contribution in [2.24, 2.45) is 0 Å². The number of hydrogen-bond acceptors (Lipinski definition) is 2. The highest BCUT2D eigenvalue weighted by molar-refractivity contribution is 5.96. The minimum absolute atomic E-state index is 0.164. The molecule has 0 aromatic rings. The summed E-state index contributed by atoms with van der Waals surface area (Å²) in [4.78, 5) is 23.9. The van der Waals surface area contributed by atoms with Crippen LogP contribution in [0.4, 0.5) is 4.79 Å². The first-order valence-electron chi connectivity index (χ1n) is 5.43. The summed E-state index contributed by atoms with van der Waals surface area (Å²) in [6.45, 7) is 4.96. The Labute approximate surface area is 90.3 Å². The summed E-state index contributed by atoms with van der Waals surface area (Å²) < 4.78 is 0. The maximum absolute atomic E-state index is 11.3. The van der Waals surface area contributed by atoms with Crippen LogP contribution in [0, 0.1) is 0 Å². The van der Waals surface area contributed by atoms with Gasteiger partial charge in [0.1, 0.15) is 0 Å². The van der Waals surface area contributed by atoms with Crippen LogP contribution in [0.3, 0.4) is 0 Å². The number of amides is 3. The van der Waals surface area contributed by atoms with E-state index < -0.39 is 0 Å². The number of imide groups is 1. The van der Waals surface area contributed by atoms with E-state index in [2.05, 4.69) is 11.9 Å². The molecule has 0 atom stereocenters. The molecule has 3 amide bonds. The lowest BCUT2D eigenvalue weighted by atomic mass is 10.2. The van der Waals surface area contributed by atoms with Gasteiger partial charge in [0.05, 0.1) is 0 Å². The molecule has 15 heavy (non-hydrogen) atoms. The Morgan fingerprint density at radius 2 is 2.13 bits per heavy atom. The van der Waals surface area contributed by atoms with Gasteiger partial charge in [0, 0.05) is 19.5 Å². The Hall–Kier alpha value is -1.32. The zero-order valence-corrected chi connectivity index (χ0v) is 9.00. The van der Waals surface area contributed by atoms with Crippen molar-refractivity contribution in [3.63, 3.8) is 0 Å². The summed E-state index contributed by atoms with van der Waals surface area (Å²) in [5.41, 5.74) is 0. The van der Waals surface area contributed by atoms with Crippen molar-refractivity contribution < 1.29 is 9.59 Å². The van der Waals surface area contributed by atoms with Crippen LogP contribution >= 0.6 is 0 Å². The highest BCUT2D eigenvalue weighted by Gasteiger charge is 2.21. The number of nitrogens with one attached hydrogen (secondary N) is 1. The van der Waals surface area contributed by atoms with Gasteiger partial charge in [-0.05, 0) is 19.3 Å². The average molecular weight is 210 g/mol. The summed E-state index contributed by atoms with van der Waals surface area (Å²) in [5, 5.41) is 2.31. The molecule has 0 saturated carbocycles. The second-order valence-electron chi connectivity index (χ2n) is 3.73. The molecule has 1 heterocycles. The molecule has 0 unspecified atom stereocenters. The maximum atomic E-state index is 11.3. The monoisotopic (exact) mass is 210 g/mol. The Kier molecular flexibility index (Phi) is 4.87. The molecule has 84 valence electrons. The third-order valence-electron chi connectivity index (χ3n) is 2.48. The molecule has 0 aromatic heterocycles. The van der Waals surface area contributed by atoms with E-state index in [1.54, 1.807) is 4.90 Å². The second-order valence-corrected chi connectivity index (χ2v) is 3.73. The number of rotatable bonds is 6. The fourth-order valence-electron chi connectivity index (χ4n) is 1.58. The predicted molar refractivity (Wildman–Crippen MR) is 58.4 cm³/mol. The Bertz CT molecular complexity index is 251. The summed E-state index contributed by atoms with van der Waals surface area (Å²) in [5.74, 6) is -0.164. The summed E-state index contributed by atoms with van der Waals surface area (Å²) in [6, 6.07) is -0.241. The molecule has 4 nitrogen and oxygen atoms in total. The number of nitrogens with zero attached hydrogens (tertiary/aromatic N) is 1. The molecule has 0 spiro atoms. The van der Waals surface area contributed by atoms with E-state index >= 15 is 0 Å². The van der Waals surface area contributed by atoms with Crippen molar-refractivity contribution in [1.29, 1.82) is 0 Å². The molecule has 4 heteroatoms. The van der Waals surface area contributed by atoms with Gasteiger partial charge >= 0.3 is 6.03 Å². The first-order chi connectivity index (χ1) is 7.24. The van der Waals surface area contributed by atoms with Crippen LogP contribution in [0.25, 0.3) is 0 Å². The fourth-order valence-corrected chi connectivity index (χ4v) is 1.58. The Morgan fingerprint density at radius 1 is 1.33 bits per heavy atom. The van der Waals surface area contributed by atoms with Gasteiger partial charge in [-0.2, -0.15) is 0 Å². The summed E-state index contributed by atoms with van der Waals surface area (Å²) in [6.07, 6.45) is 6.59. The Morgan fingerprint density at radius 3 is 2.80 bits per heavy atom. The fraction of sp³-hybridized carbons (Fsp3) is 0.636. The number of carbonyl (C=O) groups is 2. The number of unbranched alkanes of at least 4 members (excludes halogenated alkanes) is 3. The minimum Gasteiger partial charge on any atom is -0.324 e. The van der Waals surface area contributed by atoms with Crippen molar-refractivity contribution in [2.45, 2.75) is 32.1 Å². The number of hydrogen-bond donors (Lipinski definition) is 1. The lowest BCUT2D eigenvalue weighted by molar-refractivity contribution is -0.121. The third kappa shape index (κ3) is 4.14. The molecule has 1 saturated heterocycles. The first kappa shape index (κ1) is 11.8. The van der Waals surface area contributed by atoms with Crippen LogP contribution in [0.1, 0.15) is 32.1 Å². The molecule has 1 N–H and O–H groups in total. The summed E-state index contributed by atoms with van der Waals surface area (Å²) in [7, 11) is 0. The lowest BCUT2D eigenvalue weighted by Crippen LogP contribution is -2.49. The standard InChI is InChI=1S/C11H18N2O2/c1-2-3-4-5-6-8-13-9-7-10(14)12-11(13)15/h2H,1,3-9H2,(H,12,14,15). The normalized spacial score (nSPS) is 16.4. The van der Waals surface area contributed by atoms with Gasteiger partial charge in [-0.1, -0.05) is 12.5 Å². The molecule has 1 aliphatic heterocycles. The van der Waals surface area contributed by atoms with Crippen molar-refractivity contribution in [3.05, 3.63) is 12.7 Å². The smallest absolute Gasteiger partial charge is 0.324 e. The van der Waals surface area contributed by atoms with Crippen molar-refractivity contribution in [2.75, 3.05) is 13.1 Å². The molecular weight excluding hydrogens is 192 g/mol. The van der Waals surface area contributed by atoms with Gasteiger partial charge in [-0.15, -0.1) is 6.58 Å². The lowest BCUT2D eigenvalue weighted by Gasteiger charge is -2.26. The number of urea groups is 1. The van der Waals surface area contributed by atoms with Gasteiger partial charge in [-0.25, -0.2) is 4.79 Å². The molecule has 0 bridgehead atoms. The molecule has 0 radical (unpaired) electrons. The van der Waals surface area contributed by atoms with Crippen molar-refractivity contribution in [1.82, 2.24) is 10.2 Å². The first-order valence-corrected chi connectivity index (χ1v) is 5.43. The van der Waals surface area contributed by atoms with E-state index in [1.165, 1.54) is 0 Å². The molecule has 1 aliphatic rings. The quantitative estimate of drug-likeness (QED) is 0.535. The Balaban J connectivity index is 2.13. The molecular formula is C11H18N2O2. The van der Waals surface area contributed by atoms with Crippen molar-refractivity contribution in [3.8, 4) is 0 Å². The van der Waals surface area contributed by atoms with Crippen LogP contribution in [0.5, 0.6) is 0 Å². The van der Waals surface area contributed by atoms with E-state index in [1.807, 2.05) is 6.08 Å². The SMILES string of the molecule is C=CCCCCCN1CCC(=O)NC1=O. The summed E-state index contributed by atoms with van der Waals surface area (Å²) >= 11 is 0. The highest BCUT2D eigenvalue weighted by Crippen LogP contribution is 2.05. The number of carbonyl (C=O) groups excluding carboxylic acids is 2. The third-order valence-corrected chi connectivity index (χ3v) is 2.48. The van der Waals surface area contributed by atoms with Crippen LogP contribution in [0.2, 0.25) is 0 Å². The average Bonchev–Trinajstić information content (AvgIpc) is 2.20. The van der Waals surface area contributed by atoms with E-state index in [9.17, 15) is 9.59 Å². The predicted octanol–water partition coefficient (Wildman–Crippen LogP) is 1.67. The van der Waals surface area contributed by atoms with Crippen LogP contribution in [-0.4, -0.2) is 29.9 Å². The molecule has 0 aromatic carbocycles. The zero-order chi connectivity index (χ0) is 11.1. The van der Waals surface area contributed by atoms with Crippen LogP contribution < -0.4 is 5.32 Å². The van der Waals surface area contributed by atoms with Gasteiger partial charge in [0.25, 0.3) is 0 Å². The van der Waals surface area contributed by atoms with E-state index in [0.29, 0.717) is 13.0 Å². The van der Waals surface area contributed by atoms with Gasteiger partial charge in [0.15, 0.2) is 0 Å². The maximum Gasteiger partial charge on any atom is 0.324 e. The van der Waals surface area contributed by atoms with E-state index in [0.717, 1.165) is 32.2 Å². The van der Waals surface area contributed by atoms with Gasteiger partial charge < -0.3 is 4.90 Å².